The van der Waals surface area contributed by atoms with E-state index < -0.39 is 38.0 Å². The smallest absolute Gasteiger partial charge is 0.344 e. The van der Waals surface area contributed by atoms with Crippen LogP contribution in [0.15, 0.2) is 11.6 Å². The molecule has 0 spiro atoms. The largest absolute Gasteiger partial charge is 0.393 e. The Morgan fingerprint density at radius 1 is 0.972 bits per heavy atom. The first kappa shape index (κ1) is 29.0. The molecule has 3 fully saturated rings. The Morgan fingerprint density at radius 2 is 1.61 bits per heavy atom. The molecule has 4 aliphatic carbocycles. The lowest BCUT2D eigenvalue weighted by molar-refractivity contribution is -0.0661. The van der Waals surface area contributed by atoms with Gasteiger partial charge in [-0.2, -0.15) is 0 Å². The molecule has 4 rings (SSSR count). The number of allylic oxidation sites excluding steroid dienone is 1. The number of hydrogen-bond donors (Lipinski definition) is 5. The highest BCUT2D eigenvalue weighted by Crippen LogP contribution is 2.83. The molecule has 0 heterocycles. The van der Waals surface area contributed by atoms with Crippen molar-refractivity contribution in [3.63, 3.8) is 0 Å². The second-order valence-corrected chi connectivity index (χ2v) is 17.6. The monoisotopic (exact) mass is 546 g/mol. The molecular weight excluding hydrogens is 498 g/mol. The van der Waals surface area contributed by atoms with Gasteiger partial charge in [0.05, 0.1) is 6.10 Å². The minimum absolute atomic E-state index is 0.137. The molecular formula is C27H48O7P2. The van der Waals surface area contributed by atoms with E-state index >= 15 is 0 Å². The lowest BCUT2D eigenvalue weighted by Gasteiger charge is -2.63. The first-order valence-corrected chi connectivity index (χ1v) is 17.2. The molecule has 8 atom stereocenters. The van der Waals surface area contributed by atoms with Crippen LogP contribution < -0.4 is 0 Å². The number of rotatable bonds is 7. The number of aliphatic hydroxyl groups is 1. The Morgan fingerprint density at radius 3 is 2.19 bits per heavy atom. The van der Waals surface area contributed by atoms with Crippen molar-refractivity contribution in [2.75, 3.05) is 0 Å². The summed E-state index contributed by atoms with van der Waals surface area (Å²) in [6, 6.07) is 0. The first-order chi connectivity index (χ1) is 16.5. The van der Waals surface area contributed by atoms with Crippen LogP contribution in [0.5, 0.6) is 0 Å². The SMILES string of the molecule is CC(C)CCC[C@@H](C)[C@H]1CC[C@H]2[C@@H]3CC=C4C[C@@H](O)CC(P(=O)(O)O)(P(=O)(O)O)[C@]4(C)[C@H]3CC[C@]12C. The molecule has 0 amide bonds. The second-order valence-electron chi connectivity index (χ2n) is 13.5. The third-order valence-electron chi connectivity index (χ3n) is 11.5. The van der Waals surface area contributed by atoms with Crippen LogP contribution in [0.4, 0.5) is 0 Å². The molecule has 4 aliphatic rings. The highest BCUT2D eigenvalue weighted by Gasteiger charge is 2.76. The molecule has 208 valence electrons. The van der Waals surface area contributed by atoms with Gasteiger partial charge < -0.3 is 24.7 Å². The molecule has 7 nitrogen and oxygen atoms in total. The molecule has 36 heavy (non-hydrogen) atoms. The predicted molar refractivity (Wildman–Crippen MR) is 141 cm³/mol. The summed E-state index contributed by atoms with van der Waals surface area (Å²) in [5.41, 5.74) is -0.578. The van der Waals surface area contributed by atoms with Crippen LogP contribution in [0.1, 0.15) is 98.8 Å². The number of fused-ring (bicyclic) bond motifs is 5. The van der Waals surface area contributed by atoms with Crippen molar-refractivity contribution in [2.45, 2.75) is 110 Å². The molecule has 0 radical (unpaired) electrons. The normalized spacial score (nSPS) is 41.3. The van der Waals surface area contributed by atoms with Crippen molar-refractivity contribution in [1.82, 2.24) is 0 Å². The van der Waals surface area contributed by atoms with Crippen LogP contribution in [0.3, 0.4) is 0 Å². The second kappa shape index (κ2) is 9.58. The van der Waals surface area contributed by atoms with Gasteiger partial charge in [0.2, 0.25) is 0 Å². The van der Waals surface area contributed by atoms with E-state index in [1.807, 2.05) is 6.08 Å². The predicted octanol–water partition coefficient (Wildman–Crippen LogP) is 6.05. The maximum atomic E-state index is 13.1. The molecule has 0 bridgehead atoms. The maximum absolute atomic E-state index is 13.1. The van der Waals surface area contributed by atoms with Crippen molar-refractivity contribution in [3.8, 4) is 0 Å². The van der Waals surface area contributed by atoms with Gasteiger partial charge in [-0.1, -0.05) is 65.5 Å². The molecule has 5 N–H and O–H groups in total. The van der Waals surface area contributed by atoms with Gasteiger partial charge in [0.25, 0.3) is 0 Å². The van der Waals surface area contributed by atoms with Gasteiger partial charge in [-0.25, -0.2) is 0 Å². The summed E-state index contributed by atoms with van der Waals surface area (Å²) in [6.45, 7) is 11.0. The minimum Gasteiger partial charge on any atom is -0.393 e. The molecule has 0 aromatic rings. The van der Waals surface area contributed by atoms with E-state index in [9.17, 15) is 33.8 Å². The summed E-state index contributed by atoms with van der Waals surface area (Å²) in [7, 11) is -10.6. The molecule has 0 aromatic carbocycles. The summed E-state index contributed by atoms with van der Waals surface area (Å²) in [5, 5.41) is 10.6. The lowest BCUT2D eigenvalue weighted by atomic mass is 9.46. The quantitative estimate of drug-likeness (QED) is 0.194. The van der Waals surface area contributed by atoms with E-state index in [-0.39, 0.29) is 23.7 Å². The molecule has 0 aliphatic heterocycles. The van der Waals surface area contributed by atoms with Crippen molar-refractivity contribution in [2.24, 2.45) is 46.3 Å². The van der Waals surface area contributed by atoms with Crippen LogP contribution in [-0.4, -0.2) is 35.7 Å². The average molecular weight is 547 g/mol. The molecule has 0 saturated heterocycles. The van der Waals surface area contributed by atoms with Crippen LogP contribution in [0.2, 0.25) is 0 Å². The number of aliphatic hydroxyl groups excluding tert-OH is 1. The Hall–Kier alpha value is -0.0000000000000000416. The van der Waals surface area contributed by atoms with Crippen molar-refractivity contribution in [3.05, 3.63) is 11.6 Å². The minimum atomic E-state index is -5.31. The van der Waals surface area contributed by atoms with E-state index in [0.717, 1.165) is 25.7 Å². The van der Waals surface area contributed by atoms with Gasteiger partial charge in [-0.3, -0.25) is 9.13 Å². The Labute approximate surface area is 216 Å². The molecule has 0 aromatic heterocycles. The fraction of sp³-hybridized carbons (Fsp3) is 0.926. The molecule has 3 saturated carbocycles. The average Bonchev–Trinajstić information content (AvgIpc) is 3.09. The molecule has 9 heteroatoms. The highest BCUT2D eigenvalue weighted by molar-refractivity contribution is 7.72. The summed E-state index contributed by atoms with van der Waals surface area (Å²) in [4.78, 5) is 39.8. The summed E-state index contributed by atoms with van der Waals surface area (Å²) >= 11 is 0. The van der Waals surface area contributed by atoms with Crippen LogP contribution in [0, 0.1) is 46.3 Å². The van der Waals surface area contributed by atoms with Gasteiger partial charge >= 0.3 is 15.2 Å². The van der Waals surface area contributed by atoms with Gasteiger partial charge in [-0.15, -0.1) is 0 Å². The zero-order valence-corrected chi connectivity index (χ0v) is 24.4. The summed E-state index contributed by atoms with van der Waals surface area (Å²) in [6.07, 6.45) is 8.75. The van der Waals surface area contributed by atoms with Crippen LogP contribution >= 0.6 is 15.2 Å². The fourth-order valence-corrected chi connectivity index (χ4v) is 13.9. The summed E-state index contributed by atoms with van der Waals surface area (Å²) in [5.74, 6) is 2.23. The van der Waals surface area contributed by atoms with Crippen molar-refractivity contribution in [1.29, 1.82) is 0 Å². The Bertz CT molecular complexity index is 945. The third kappa shape index (κ3) is 4.19. The van der Waals surface area contributed by atoms with Crippen molar-refractivity contribution < 1.29 is 33.8 Å². The van der Waals surface area contributed by atoms with E-state index in [1.165, 1.54) is 19.3 Å². The zero-order valence-electron chi connectivity index (χ0n) is 22.6. The van der Waals surface area contributed by atoms with E-state index in [0.29, 0.717) is 35.7 Å². The first-order valence-electron chi connectivity index (χ1n) is 14.0. The van der Waals surface area contributed by atoms with Crippen LogP contribution in [-0.2, 0) is 9.13 Å². The highest BCUT2D eigenvalue weighted by atomic mass is 31.2. The van der Waals surface area contributed by atoms with Gasteiger partial charge in [0.15, 0.2) is 4.90 Å². The van der Waals surface area contributed by atoms with Gasteiger partial charge in [0.1, 0.15) is 0 Å². The number of hydrogen-bond acceptors (Lipinski definition) is 3. The lowest BCUT2D eigenvalue weighted by Crippen LogP contribution is -2.61. The van der Waals surface area contributed by atoms with E-state index in [2.05, 4.69) is 27.7 Å². The van der Waals surface area contributed by atoms with Crippen molar-refractivity contribution >= 4 is 15.2 Å². The topological polar surface area (TPSA) is 135 Å². The Kier molecular flexibility index (Phi) is 7.71. The zero-order chi connectivity index (χ0) is 26.9. The van der Waals surface area contributed by atoms with E-state index in [1.54, 1.807) is 6.92 Å². The fourth-order valence-electron chi connectivity index (χ4n) is 9.81. The Balaban J connectivity index is 1.71. The third-order valence-corrected chi connectivity index (χ3v) is 16.2. The van der Waals surface area contributed by atoms with Gasteiger partial charge in [-0.05, 0) is 79.4 Å². The molecule has 0 unspecified atom stereocenters. The standard InChI is InChI=1S/C27H48O7P2/c1-17(2)7-6-8-18(3)22-11-12-23-21-10-9-19-15-20(28)16-27(35(29,30)31,36(32,33)34)26(19,5)24(21)13-14-25(22,23)4/h9,17-18,20-24,28H,6-8,10-16H2,1-5H3,(H2,29,30,31)(H2,32,33,34)/t18-,20-,21+,22-,23+,24+,25-,26+/m1/s1. The van der Waals surface area contributed by atoms with Crippen LogP contribution in [0.25, 0.3) is 0 Å². The van der Waals surface area contributed by atoms with Gasteiger partial charge in [0, 0.05) is 11.8 Å². The maximum Gasteiger partial charge on any atom is 0.344 e. The summed E-state index contributed by atoms with van der Waals surface area (Å²) < 4.78 is 26.2. The van der Waals surface area contributed by atoms with E-state index in [4.69, 9.17) is 0 Å².